The molecule has 3 heteroatoms. The number of carbonyl (C=O) groups is 1. The van der Waals surface area contributed by atoms with E-state index < -0.39 is 0 Å². The van der Waals surface area contributed by atoms with Gasteiger partial charge in [0.15, 0.2) is 0 Å². The largest absolute Gasteiger partial charge is 0.399 e. The zero-order chi connectivity index (χ0) is 12.0. The van der Waals surface area contributed by atoms with Crippen molar-refractivity contribution in [3.63, 3.8) is 0 Å². The van der Waals surface area contributed by atoms with E-state index in [0.29, 0.717) is 17.2 Å². The van der Waals surface area contributed by atoms with Crippen molar-refractivity contribution in [1.29, 1.82) is 0 Å². The van der Waals surface area contributed by atoms with Crippen molar-refractivity contribution in [2.75, 3.05) is 12.3 Å². The number of nitrogen functional groups attached to an aromatic ring is 1. The highest BCUT2D eigenvalue weighted by Crippen LogP contribution is 2.06. The van der Waals surface area contributed by atoms with Crippen LogP contribution in [0, 0.1) is 5.92 Å². The number of anilines is 1. The summed E-state index contributed by atoms with van der Waals surface area (Å²) in [4.78, 5) is 11.7. The molecule has 0 atom stereocenters. The highest BCUT2D eigenvalue weighted by atomic mass is 16.1. The van der Waals surface area contributed by atoms with Crippen molar-refractivity contribution in [2.24, 2.45) is 5.92 Å². The second-order valence-electron chi connectivity index (χ2n) is 4.42. The highest BCUT2D eigenvalue weighted by Gasteiger charge is 2.04. The second kappa shape index (κ2) is 6.16. The Morgan fingerprint density at radius 2 is 2.19 bits per heavy atom. The summed E-state index contributed by atoms with van der Waals surface area (Å²) in [7, 11) is 0. The lowest BCUT2D eigenvalue weighted by Gasteiger charge is -2.07. The lowest BCUT2D eigenvalue weighted by atomic mass is 10.1. The number of benzene rings is 1. The van der Waals surface area contributed by atoms with Crippen LogP contribution in [-0.2, 0) is 0 Å². The summed E-state index contributed by atoms with van der Waals surface area (Å²) < 4.78 is 0. The molecule has 0 aromatic heterocycles. The average Bonchev–Trinajstić information content (AvgIpc) is 2.24. The summed E-state index contributed by atoms with van der Waals surface area (Å²) in [5, 5.41) is 2.89. The molecule has 1 aromatic carbocycles. The van der Waals surface area contributed by atoms with Crippen LogP contribution in [0.5, 0.6) is 0 Å². The predicted octanol–water partition coefficient (Wildman–Crippen LogP) is 2.43. The van der Waals surface area contributed by atoms with E-state index in [1.165, 1.54) is 0 Å². The average molecular weight is 220 g/mol. The number of rotatable bonds is 5. The third-order valence-electron chi connectivity index (χ3n) is 2.39. The van der Waals surface area contributed by atoms with E-state index in [2.05, 4.69) is 19.2 Å². The quantitative estimate of drug-likeness (QED) is 0.591. The van der Waals surface area contributed by atoms with Crippen molar-refractivity contribution in [1.82, 2.24) is 5.32 Å². The predicted molar refractivity (Wildman–Crippen MR) is 67.3 cm³/mol. The zero-order valence-corrected chi connectivity index (χ0v) is 9.99. The van der Waals surface area contributed by atoms with Gasteiger partial charge in [0.2, 0.25) is 0 Å². The summed E-state index contributed by atoms with van der Waals surface area (Å²) >= 11 is 0. The Morgan fingerprint density at radius 3 is 2.81 bits per heavy atom. The topological polar surface area (TPSA) is 55.1 Å². The molecule has 0 radical (unpaired) electrons. The maximum absolute atomic E-state index is 11.7. The first-order valence-corrected chi connectivity index (χ1v) is 5.73. The Kier molecular flexibility index (Phi) is 4.83. The van der Waals surface area contributed by atoms with E-state index in [-0.39, 0.29) is 5.91 Å². The van der Waals surface area contributed by atoms with Gasteiger partial charge in [-0.3, -0.25) is 4.79 Å². The molecule has 16 heavy (non-hydrogen) atoms. The van der Waals surface area contributed by atoms with Crippen LogP contribution in [0.1, 0.15) is 37.0 Å². The minimum absolute atomic E-state index is 0.0453. The standard InChI is InChI=1S/C13H20N2O/c1-10(2)5-4-8-15-13(16)11-6-3-7-12(14)9-11/h3,6-7,9-10H,4-5,8,14H2,1-2H3,(H,15,16). The van der Waals surface area contributed by atoms with Gasteiger partial charge in [0.25, 0.3) is 5.91 Å². The molecular weight excluding hydrogens is 200 g/mol. The van der Waals surface area contributed by atoms with Gasteiger partial charge in [0.05, 0.1) is 0 Å². The van der Waals surface area contributed by atoms with Crippen molar-refractivity contribution in [3.8, 4) is 0 Å². The van der Waals surface area contributed by atoms with Crippen LogP contribution in [0.2, 0.25) is 0 Å². The molecule has 0 spiro atoms. The monoisotopic (exact) mass is 220 g/mol. The Morgan fingerprint density at radius 1 is 1.44 bits per heavy atom. The SMILES string of the molecule is CC(C)CCCNC(=O)c1cccc(N)c1. The summed E-state index contributed by atoms with van der Waals surface area (Å²) in [5.41, 5.74) is 6.86. The number of amides is 1. The molecule has 0 saturated heterocycles. The number of nitrogens with two attached hydrogens (primary N) is 1. The van der Waals surface area contributed by atoms with Crippen LogP contribution in [0.4, 0.5) is 5.69 Å². The van der Waals surface area contributed by atoms with Crippen molar-refractivity contribution >= 4 is 11.6 Å². The van der Waals surface area contributed by atoms with Crippen LogP contribution in [-0.4, -0.2) is 12.5 Å². The minimum atomic E-state index is -0.0453. The van der Waals surface area contributed by atoms with E-state index in [0.717, 1.165) is 19.4 Å². The Bertz CT molecular complexity index is 348. The maximum atomic E-state index is 11.7. The zero-order valence-electron chi connectivity index (χ0n) is 9.99. The van der Waals surface area contributed by atoms with E-state index in [4.69, 9.17) is 5.73 Å². The first-order valence-electron chi connectivity index (χ1n) is 5.73. The molecule has 0 aliphatic carbocycles. The molecule has 0 saturated carbocycles. The molecule has 88 valence electrons. The fraction of sp³-hybridized carbons (Fsp3) is 0.462. The molecule has 1 rings (SSSR count). The van der Waals surface area contributed by atoms with E-state index in [1.807, 2.05) is 0 Å². The van der Waals surface area contributed by atoms with Crippen LogP contribution in [0.25, 0.3) is 0 Å². The number of hydrogen-bond acceptors (Lipinski definition) is 2. The minimum Gasteiger partial charge on any atom is -0.399 e. The summed E-state index contributed by atoms with van der Waals surface area (Å²) in [5.74, 6) is 0.639. The Hall–Kier alpha value is -1.51. The van der Waals surface area contributed by atoms with E-state index in [1.54, 1.807) is 24.3 Å². The van der Waals surface area contributed by atoms with E-state index >= 15 is 0 Å². The van der Waals surface area contributed by atoms with Gasteiger partial charge in [-0.05, 0) is 37.0 Å². The molecule has 0 bridgehead atoms. The molecule has 1 aromatic rings. The highest BCUT2D eigenvalue weighted by molar-refractivity contribution is 5.94. The smallest absolute Gasteiger partial charge is 0.251 e. The molecule has 0 aliphatic rings. The first kappa shape index (κ1) is 12.6. The fourth-order valence-corrected chi connectivity index (χ4v) is 1.49. The van der Waals surface area contributed by atoms with Gasteiger partial charge in [0.1, 0.15) is 0 Å². The van der Waals surface area contributed by atoms with Gasteiger partial charge < -0.3 is 11.1 Å². The Balaban J connectivity index is 2.35. The van der Waals surface area contributed by atoms with Crippen LogP contribution < -0.4 is 11.1 Å². The van der Waals surface area contributed by atoms with E-state index in [9.17, 15) is 4.79 Å². The normalized spacial score (nSPS) is 10.4. The molecule has 0 heterocycles. The summed E-state index contributed by atoms with van der Waals surface area (Å²) in [6.07, 6.45) is 2.16. The van der Waals surface area contributed by atoms with Crippen molar-refractivity contribution in [3.05, 3.63) is 29.8 Å². The van der Waals surface area contributed by atoms with Gasteiger partial charge in [-0.15, -0.1) is 0 Å². The maximum Gasteiger partial charge on any atom is 0.251 e. The van der Waals surface area contributed by atoms with Crippen molar-refractivity contribution < 1.29 is 4.79 Å². The molecule has 0 unspecified atom stereocenters. The molecule has 0 aliphatic heterocycles. The molecule has 3 N–H and O–H groups in total. The lowest BCUT2D eigenvalue weighted by Crippen LogP contribution is -2.24. The van der Waals surface area contributed by atoms with Gasteiger partial charge >= 0.3 is 0 Å². The molecule has 1 amide bonds. The van der Waals surface area contributed by atoms with Gasteiger partial charge in [0, 0.05) is 17.8 Å². The molecular formula is C13H20N2O. The second-order valence-corrected chi connectivity index (χ2v) is 4.42. The summed E-state index contributed by atoms with van der Waals surface area (Å²) in [6, 6.07) is 7.03. The van der Waals surface area contributed by atoms with Crippen LogP contribution in [0.3, 0.4) is 0 Å². The molecule has 3 nitrogen and oxygen atoms in total. The van der Waals surface area contributed by atoms with Gasteiger partial charge in [-0.2, -0.15) is 0 Å². The first-order chi connectivity index (χ1) is 7.59. The third kappa shape index (κ3) is 4.34. The third-order valence-corrected chi connectivity index (χ3v) is 2.39. The molecule has 0 fully saturated rings. The van der Waals surface area contributed by atoms with Gasteiger partial charge in [-0.1, -0.05) is 19.9 Å². The number of nitrogens with one attached hydrogen (secondary N) is 1. The van der Waals surface area contributed by atoms with Crippen molar-refractivity contribution in [2.45, 2.75) is 26.7 Å². The van der Waals surface area contributed by atoms with Crippen LogP contribution in [0.15, 0.2) is 24.3 Å². The summed E-state index contributed by atoms with van der Waals surface area (Å²) in [6.45, 7) is 5.09. The number of hydrogen-bond donors (Lipinski definition) is 2. The lowest BCUT2D eigenvalue weighted by molar-refractivity contribution is 0.0952. The van der Waals surface area contributed by atoms with Gasteiger partial charge in [-0.25, -0.2) is 0 Å². The number of carbonyl (C=O) groups excluding carboxylic acids is 1. The van der Waals surface area contributed by atoms with Crippen LogP contribution >= 0.6 is 0 Å². The Labute approximate surface area is 97.0 Å². The fourth-order valence-electron chi connectivity index (χ4n) is 1.49.